The zero-order chi connectivity index (χ0) is 17.4. The first-order valence-electron chi connectivity index (χ1n) is 8.42. The molecule has 2 N–H and O–H groups in total. The molecule has 0 aliphatic carbocycles. The van der Waals surface area contributed by atoms with Crippen molar-refractivity contribution in [3.63, 3.8) is 0 Å². The Labute approximate surface area is 144 Å². The van der Waals surface area contributed by atoms with Crippen LogP contribution >= 0.6 is 0 Å². The van der Waals surface area contributed by atoms with Crippen LogP contribution in [0.15, 0.2) is 48.5 Å². The first-order chi connectivity index (χ1) is 11.6. The quantitative estimate of drug-likeness (QED) is 0.776. The Morgan fingerprint density at radius 1 is 1.12 bits per heavy atom. The number of ether oxygens (including phenoxy) is 1. The van der Waals surface area contributed by atoms with E-state index < -0.39 is 0 Å². The second kappa shape index (κ2) is 9.08. The normalized spacial score (nSPS) is 10.7. The molecule has 0 unspecified atom stereocenters. The van der Waals surface area contributed by atoms with Gasteiger partial charge in [0.2, 0.25) is 5.91 Å². The molecule has 0 heterocycles. The maximum absolute atomic E-state index is 12.4. The highest BCUT2D eigenvalue weighted by Crippen LogP contribution is 2.18. The van der Waals surface area contributed by atoms with E-state index in [1.54, 1.807) is 0 Å². The highest BCUT2D eigenvalue weighted by atomic mass is 16.5. The van der Waals surface area contributed by atoms with E-state index >= 15 is 0 Å². The van der Waals surface area contributed by atoms with Gasteiger partial charge in [0.1, 0.15) is 5.75 Å². The summed E-state index contributed by atoms with van der Waals surface area (Å²) in [6, 6.07) is 15.6. The molecule has 0 aliphatic rings. The average Bonchev–Trinajstić information content (AvgIpc) is 2.53. The van der Waals surface area contributed by atoms with Gasteiger partial charge in [-0.05, 0) is 49.7 Å². The van der Waals surface area contributed by atoms with E-state index in [0.29, 0.717) is 6.42 Å². The van der Waals surface area contributed by atoms with E-state index in [1.165, 1.54) is 0 Å². The minimum Gasteiger partial charge on any atom is -0.491 e. The van der Waals surface area contributed by atoms with Crippen molar-refractivity contribution in [2.45, 2.75) is 39.8 Å². The number of carbonyl (C=O) groups is 1. The van der Waals surface area contributed by atoms with Gasteiger partial charge < -0.3 is 15.4 Å². The van der Waals surface area contributed by atoms with Crippen molar-refractivity contribution in [1.29, 1.82) is 0 Å². The number of hydrogen-bond donors (Lipinski definition) is 2. The summed E-state index contributed by atoms with van der Waals surface area (Å²) in [5.41, 5.74) is 2.89. The van der Waals surface area contributed by atoms with Crippen LogP contribution in [-0.2, 0) is 17.8 Å². The molecule has 2 rings (SSSR count). The second-order valence-electron chi connectivity index (χ2n) is 5.98. The predicted molar refractivity (Wildman–Crippen MR) is 98.4 cm³/mol. The van der Waals surface area contributed by atoms with Crippen LogP contribution in [-0.4, -0.2) is 18.6 Å². The van der Waals surface area contributed by atoms with E-state index in [1.807, 2.05) is 62.4 Å². The Morgan fingerprint density at radius 3 is 2.67 bits per heavy atom. The van der Waals surface area contributed by atoms with Gasteiger partial charge in [0.15, 0.2) is 0 Å². The lowest BCUT2D eigenvalue weighted by Crippen LogP contribution is -2.18. The summed E-state index contributed by atoms with van der Waals surface area (Å²) in [7, 11) is 0. The molecular weight excluding hydrogens is 300 g/mol. The van der Waals surface area contributed by atoms with Crippen LogP contribution in [0, 0.1) is 0 Å². The molecule has 0 bridgehead atoms. The van der Waals surface area contributed by atoms with Gasteiger partial charge in [-0.25, -0.2) is 0 Å². The smallest absolute Gasteiger partial charge is 0.228 e. The molecule has 0 spiro atoms. The minimum absolute atomic E-state index is 0.0272. The second-order valence-corrected chi connectivity index (χ2v) is 5.98. The van der Waals surface area contributed by atoms with Gasteiger partial charge in [-0.2, -0.15) is 0 Å². The van der Waals surface area contributed by atoms with Gasteiger partial charge in [-0.1, -0.05) is 37.3 Å². The number of para-hydroxylation sites is 1. The molecule has 128 valence electrons. The zero-order valence-electron chi connectivity index (χ0n) is 14.6. The van der Waals surface area contributed by atoms with Crippen molar-refractivity contribution < 1.29 is 9.53 Å². The van der Waals surface area contributed by atoms with Crippen molar-refractivity contribution in [2.75, 3.05) is 11.9 Å². The van der Waals surface area contributed by atoms with Gasteiger partial charge in [0.05, 0.1) is 12.5 Å². The number of amides is 1. The van der Waals surface area contributed by atoms with E-state index in [-0.39, 0.29) is 12.0 Å². The standard InChI is InChI=1S/C20H26N2O2/c1-4-21-14-17-9-5-6-11-19(17)22-20(23)13-16-8-7-10-18(12-16)24-15(2)3/h5-12,15,21H,4,13-14H2,1-3H3,(H,22,23). The third kappa shape index (κ3) is 5.70. The Hall–Kier alpha value is -2.33. The third-order valence-corrected chi connectivity index (χ3v) is 3.49. The van der Waals surface area contributed by atoms with Gasteiger partial charge >= 0.3 is 0 Å². The van der Waals surface area contributed by atoms with Gasteiger partial charge in [0.25, 0.3) is 0 Å². The van der Waals surface area contributed by atoms with Crippen LogP contribution in [0.3, 0.4) is 0 Å². The highest BCUT2D eigenvalue weighted by molar-refractivity contribution is 5.93. The van der Waals surface area contributed by atoms with Crippen LogP contribution in [0.4, 0.5) is 5.69 Å². The van der Waals surface area contributed by atoms with E-state index in [4.69, 9.17) is 4.74 Å². The molecule has 1 amide bonds. The number of hydrogen-bond acceptors (Lipinski definition) is 3. The number of anilines is 1. The average molecular weight is 326 g/mol. The lowest BCUT2D eigenvalue weighted by Gasteiger charge is -2.13. The molecule has 0 saturated carbocycles. The predicted octanol–water partition coefficient (Wildman–Crippen LogP) is 3.76. The van der Waals surface area contributed by atoms with E-state index in [2.05, 4.69) is 17.6 Å². The topological polar surface area (TPSA) is 50.4 Å². The van der Waals surface area contributed by atoms with E-state index in [0.717, 1.165) is 35.7 Å². The number of nitrogens with one attached hydrogen (secondary N) is 2. The van der Waals surface area contributed by atoms with Gasteiger partial charge in [0, 0.05) is 12.2 Å². The summed E-state index contributed by atoms with van der Waals surface area (Å²) in [6.45, 7) is 7.67. The fourth-order valence-electron chi connectivity index (χ4n) is 2.44. The van der Waals surface area contributed by atoms with Crippen molar-refractivity contribution in [3.8, 4) is 5.75 Å². The van der Waals surface area contributed by atoms with Crippen molar-refractivity contribution in [1.82, 2.24) is 5.32 Å². The Bertz CT molecular complexity index is 668. The summed E-state index contributed by atoms with van der Waals surface area (Å²) < 4.78 is 5.68. The molecule has 0 radical (unpaired) electrons. The molecule has 2 aromatic carbocycles. The van der Waals surface area contributed by atoms with Crippen molar-refractivity contribution >= 4 is 11.6 Å². The molecule has 0 saturated heterocycles. The van der Waals surface area contributed by atoms with Crippen LogP contribution in [0.5, 0.6) is 5.75 Å². The third-order valence-electron chi connectivity index (χ3n) is 3.49. The molecule has 0 aromatic heterocycles. The minimum atomic E-state index is -0.0272. The van der Waals surface area contributed by atoms with Gasteiger partial charge in [-0.15, -0.1) is 0 Å². The fourth-order valence-corrected chi connectivity index (χ4v) is 2.44. The molecule has 24 heavy (non-hydrogen) atoms. The summed E-state index contributed by atoms with van der Waals surface area (Å²) in [6.07, 6.45) is 0.442. The Balaban J connectivity index is 2.01. The van der Waals surface area contributed by atoms with E-state index in [9.17, 15) is 4.79 Å². The van der Waals surface area contributed by atoms with Crippen LogP contribution in [0.25, 0.3) is 0 Å². The Kier molecular flexibility index (Phi) is 6.82. The molecule has 0 fully saturated rings. The first-order valence-corrected chi connectivity index (χ1v) is 8.42. The molecule has 0 aliphatic heterocycles. The maximum Gasteiger partial charge on any atom is 0.228 e. The highest BCUT2D eigenvalue weighted by Gasteiger charge is 2.08. The Morgan fingerprint density at radius 2 is 1.92 bits per heavy atom. The molecular formula is C20H26N2O2. The molecule has 2 aromatic rings. The zero-order valence-corrected chi connectivity index (χ0v) is 14.6. The molecule has 4 nitrogen and oxygen atoms in total. The molecule has 0 atom stereocenters. The summed E-state index contributed by atoms with van der Waals surface area (Å²) >= 11 is 0. The monoisotopic (exact) mass is 326 g/mol. The summed E-state index contributed by atoms with van der Waals surface area (Å²) in [4.78, 5) is 12.4. The van der Waals surface area contributed by atoms with Crippen molar-refractivity contribution in [2.24, 2.45) is 0 Å². The molecule has 4 heteroatoms. The lowest BCUT2D eigenvalue weighted by molar-refractivity contribution is -0.115. The summed E-state index contributed by atoms with van der Waals surface area (Å²) in [5, 5.41) is 6.29. The van der Waals surface area contributed by atoms with Crippen LogP contribution in [0.2, 0.25) is 0 Å². The number of carbonyl (C=O) groups excluding carboxylic acids is 1. The SMILES string of the molecule is CCNCc1ccccc1NC(=O)Cc1cccc(OC(C)C)c1. The van der Waals surface area contributed by atoms with Crippen LogP contribution < -0.4 is 15.4 Å². The maximum atomic E-state index is 12.4. The fraction of sp³-hybridized carbons (Fsp3) is 0.350. The first kappa shape index (κ1) is 18.0. The van der Waals surface area contributed by atoms with Crippen molar-refractivity contribution in [3.05, 3.63) is 59.7 Å². The lowest BCUT2D eigenvalue weighted by atomic mass is 10.1. The number of benzene rings is 2. The largest absolute Gasteiger partial charge is 0.491 e. The summed E-state index contributed by atoms with van der Waals surface area (Å²) in [5.74, 6) is 0.767. The van der Waals surface area contributed by atoms with Crippen LogP contribution in [0.1, 0.15) is 31.9 Å². The number of rotatable bonds is 8. The van der Waals surface area contributed by atoms with Gasteiger partial charge in [-0.3, -0.25) is 4.79 Å².